The predicted octanol–water partition coefficient (Wildman–Crippen LogP) is 1.84. The van der Waals surface area contributed by atoms with Crippen molar-refractivity contribution < 1.29 is 16.8 Å². The van der Waals surface area contributed by atoms with Crippen molar-refractivity contribution >= 4 is 43.2 Å². The Morgan fingerprint density at radius 1 is 1.13 bits per heavy atom. The molecule has 2 rings (SSSR count). The van der Waals surface area contributed by atoms with Gasteiger partial charge in [-0.3, -0.25) is 0 Å². The molecule has 1 aliphatic heterocycles. The van der Waals surface area contributed by atoms with E-state index in [2.05, 4.69) is 4.72 Å². The van der Waals surface area contributed by atoms with Crippen LogP contribution in [0.2, 0.25) is 10.0 Å². The van der Waals surface area contributed by atoms with Crippen LogP contribution in [0.5, 0.6) is 0 Å². The highest BCUT2D eigenvalue weighted by molar-refractivity contribution is 7.88. The van der Waals surface area contributed by atoms with Crippen molar-refractivity contribution in [2.24, 2.45) is 0 Å². The third kappa shape index (κ3) is 5.58. The molecule has 0 aliphatic carbocycles. The van der Waals surface area contributed by atoms with Crippen molar-refractivity contribution in [2.45, 2.75) is 24.6 Å². The number of halogens is 2. The van der Waals surface area contributed by atoms with Gasteiger partial charge in [0, 0.05) is 19.1 Å². The van der Waals surface area contributed by atoms with E-state index in [0.29, 0.717) is 41.5 Å². The fraction of sp³-hybridized carbons (Fsp3) is 0.538. The maximum absolute atomic E-state index is 12.2. The molecule has 0 unspecified atom stereocenters. The van der Waals surface area contributed by atoms with Gasteiger partial charge >= 0.3 is 0 Å². The highest BCUT2D eigenvalue weighted by Crippen LogP contribution is 2.23. The van der Waals surface area contributed by atoms with Crippen molar-refractivity contribution in [1.82, 2.24) is 9.03 Å². The van der Waals surface area contributed by atoms with Crippen molar-refractivity contribution in [3.05, 3.63) is 33.8 Å². The zero-order valence-corrected chi connectivity index (χ0v) is 15.6. The molecule has 1 aromatic carbocycles. The first-order valence-electron chi connectivity index (χ1n) is 6.96. The first-order chi connectivity index (χ1) is 10.6. The minimum atomic E-state index is -3.54. The van der Waals surface area contributed by atoms with Crippen LogP contribution in [-0.2, 0) is 25.8 Å². The molecule has 0 atom stereocenters. The zero-order valence-electron chi connectivity index (χ0n) is 12.5. The normalized spacial score (nSPS) is 18.2. The standard InChI is InChI=1S/C13H18Cl2N2O4S2/c1-22(18,19)17-6-4-11(5-7-17)16-23(20,21)9-10-2-3-12(14)13(15)8-10/h2-3,8,11,16H,4-7,9H2,1H3. The number of piperidine rings is 1. The van der Waals surface area contributed by atoms with Crippen molar-refractivity contribution in [2.75, 3.05) is 19.3 Å². The van der Waals surface area contributed by atoms with E-state index in [0.717, 1.165) is 6.26 Å². The van der Waals surface area contributed by atoms with Gasteiger partial charge in [-0.15, -0.1) is 0 Å². The topological polar surface area (TPSA) is 83.6 Å². The maximum Gasteiger partial charge on any atom is 0.216 e. The van der Waals surface area contributed by atoms with Crippen LogP contribution in [0.1, 0.15) is 18.4 Å². The third-order valence-electron chi connectivity index (χ3n) is 3.61. The number of nitrogens with zero attached hydrogens (tertiary/aromatic N) is 1. The summed E-state index contributed by atoms with van der Waals surface area (Å²) < 4.78 is 51.3. The molecular formula is C13H18Cl2N2O4S2. The Morgan fingerprint density at radius 2 is 1.74 bits per heavy atom. The molecule has 0 radical (unpaired) electrons. The smallest absolute Gasteiger partial charge is 0.213 e. The first-order valence-corrected chi connectivity index (χ1v) is 11.2. The number of hydrogen-bond donors (Lipinski definition) is 1. The number of sulfonamides is 2. The van der Waals surface area contributed by atoms with E-state index in [-0.39, 0.29) is 11.8 Å². The quantitative estimate of drug-likeness (QED) is 0.816. The van der Waals surface area contributed by atoms with E-state index < -0.39 is 20.0 Å². The zero-order chi connectivity index (χ0) is 17.3. The molecule has 1 heterocycles. The highest BCUT2D eigenvalue weighted by atomic mass is 35.5. The molecule has 10 heteroatoms. The molecule has 130 valence electrons. The van der Waals surface area contributed by atoms with Crippen LogP contribution in [-0.4, -0.2) is 46.5 Å². The lowest BCUT2D eigenvalue weighted by atomic mass is 10.1. The van der Waals surface area contributed by atoms with Gasteiger partial charge in [0.2, 0.25) is 20.0 Å². The third-order valence-corrected chi connectivity index (χ3v) is 7.06. The van der Waals surface area contributed by atoms with Crippen molar-refractivity contribution in [1.29, 1.82) is 0 Å². The summed E-state index contributed by atoms with van der Waals surface area (Å²) >= 11 is 11.7. The summed E-state index contributed by atoms with van der Waals surface area (Å²) in [6.07, 6.45) is 2.06. The number of hydrogen-bond acceptors (Lipinski definition) is 4. The molecule has 23 heavy (non-hydrogen) atoms. The molecule has 1 aliphatic rings. The lowest BCUT2D eigenvalue weighted by molar-refractivity contribution is 0.310. The summed E-state index contributed by atoms with van der Waals surface area (Å²) in [5.74, 6) is -0.198. The van der Waals surface area contributed by atoms with E-state index in [9.17, 15) is 16.8 Å². The van der Waals surface area contributed by atoms with Crippen molar-refractivity contribution in [3.63, 3.8) is 0 Å². The summed E-state index contributed by atoms with van der Waals surface area (Å²) in [6.45, 7) is 0.636. The number of nitrogens with one attached hydrogen (secondary N) is 1. The number of rotatable bonds is 5. The second-order valence-electron chi connectivity index (χ2n) is 5.56. The van der Waals surface area contributed by atoms with Gasteiger partial charge in [-0.25, -0.2) is 25.9 Å². The van der Waals surface area contributed by atoms with Crippen LogP contribution in [0.15, 0.2) is 18.2 Å². The van der Waals surface area contributed by atoms with Gasteiger partial charge in [0.15, 0.2) is 0 Å². The summed E-state index contributed by atoms with van der Waals surface area (Å²) in [6, 6.07) is 4.43. The minimum absolute atomic E-state index is 0.198. The summed E-state index contributed by atoms with van der Waals surface area (Å²) in [5, 5.41) is 0.676. The van der Waals surface area contributed by atoms with Gasteiger partial charge in [0.05, 0.1) is 22.1 Å². The predicted molar refractivity (Wildman–Crippen MR) is 91.7 cm³/mol. The van der Waals surface area contributed by atoms with Crippen LogP contribution in [0, 0.1) is 0 Å². The molecule has 0 aromatic heterocycles. The average Bonchev–Trinajstić information content (AvgIpc) is 2.41. The van der Waals surface area contributed by atoms with Gasteiger partial charge in [0.1, 0.15) is 0 Å². The van der Waals surface area contributed by atoms with Gasteiger partial charge in [-0.1, -0.05) is 29.3 Å². The van der Waals surface area contributed by atoms with Gasteiger partial charge in [-0.2, -0.15) is 0 Å². The van der Waals surface area contributed by atoms with Gasteiger partial charge in [0.25, 0.3) is 0 Å². The molecule has 1 fully saturated rings. The average molecular weight is 401 g/mol. The Balaban J connectivity index is 1.95. The van der Waals surface area contributed by atoms with E-state index in [4.69, 9.17) is 23.2 Å². The summed E-state index contributed by atoms with van der Waals surface area (Å²) in [5.41, 5.74) is 0.542. The molecule has 0 saturated carbocycles. The SMILES string of the molecule is CS(=O)(=O)N1CCC(NS(=O)(=O)Cc2ccc(Cl)c(Cl)c2)CC1. The first kappa shape index (κ1) is 19.0. The monoisotopic (exact) mass is 400 g/mol. The minimum Gasteiger partial charge on any atom is -0.213 e. The Bertz CT molecular complexity index is 773. The van der Waals surface area contributed by atoms with Gasteiger partial charge in [-0.05, 0) is 30.5 Å². The molecule has 1 saturated heterocycles. The molecule has 0 amide bonds. The van der Waals surface area contributed by atoms with E-state index in [1.165, 1.54) is 10.4 Å². The maximum atomic E-state index is 12.2. The Labute approximate surface area is 146 Å². The van der Waals surface area contributed by atoms with E-state index >= 15 is 0 Å². The molecule has 0 spiro atoms. The molecule has 1 N–H and O–H groups in total. The second-order valence-corrected chi connectivity index (χ2v) is 10.1. The van der Waals surface area contributed by atoms with Gasteiger partial charge < -0.3 is 0 Å². The highest BCUT2D eigenvalue weighted by Gasteiger charge is 2.27. The van der Waals surface area contributed by atoms with Crippen LogP contribution in [0.4, 0.5) is 0 Å². The van der Waals surface area contributed by atoms with Crippen LogP contribution in [0.3, 0.4) is 0 Å². The Kier molecular flexibility index (Phi) is 5.97. The second kappa shape index (κ2) is 7.25. The summed E-state index contributed by atoms with van der Waals surface area (Å²) in [7, 11) is -6.76. The molecule has 1 aromatic rings. The Hall–Kier alpha value is -0.380. The van der Waals surface area contributed by atoms with Crippen molar-refractivity contribution in [3.8, 4) is 0 Å². The summed E-state index contributed by atoms with van der Waals surface area (Å²) in [4.78, 5) is 0. The van der Waals surface area contributed by atoms with Crippen LogP contribution >= 0.6 is 23.2 Å². The lowest BCUT2D eigenvalue weighted by Gasteiger charge is -2.30. The fourth-order valence-corrected chi connectivity index (χ4v) is 5.09. The molecular weight excluding hydrogens is 383 g/mol. The molecule has 6 nitrogen and oxygen atoms in total. The fourth-order valence-electron chi connectivity index (χ4n) is 2.45. The molecule has 0 bridgehead atoms. The van der Waals surface area contributed by atoms with E-state index in [1.807, 2.05) is 0 Å². The van der Waals surface area contributed by atoms with E-state index in [1.54, 1.807) is 12.1 Å². The largest absolute Gasteiger partial charge is 0.216 e. The lowest BCUT2D eigenvalue weighted by Crippen LogP contribution is -2.46. The van der Waals surface area contributed by atoms with Crippen LogP contribution < -0.4 is 4.72 Å². The number of benzene rings is 1. The Morgan fingerprint density at radius 3 is 2.26 bits per heavy atom. The van der Waals surface area contributed by atoms with Crippen LogP contribution in [0.25, 0.3) is 0 Å².